The number of nitrogens with zero attached hydrogens (tertiary/aromatic N) is 1. The quantitative estimate of drug-likeness (QED) is 0.290. The molecule has 9 nitrogen and oxygen atoms in total. The second-order valence-corrected chi connectivity index (χ2v) is 9.52. The lowest BCUT2D eigenvalue weighted by Crippen LogP contribution is -2.61. The molecule has 0 amide bonds. The minimum absolute atomic E-state index is 0.152. The molecule has 17 heteroatoms. The number of hydrogen-bond donors (Lipinski definition) is 1. The highest BCUT2D eigenvalue weighted by atomic mass is 32.2. The van der Waals surface area contributed by atoms with Crippen molar-refractivity contribution in [1.29, 1.82) is 0 Å². The minimum Gasteiger partial charge on any atom is -0.462 e. The number of rotatable bonds is 9. The Hall–Kier alpha value is -1.17. The molecule has 0 spiro atoms. The summed E-state index contributed by atoms with van der Waals surface area (Å²) in [5.41, 5.74) is 0. The molecular weight excluding hydrogens is 476 g/mol. The van der Waals surface area contributed by atoms with Gasteiger partial charge in [0.15, 0.2) is 0 Å². The lowest BCUT2D eigenvalue weighted by molar-refractivity contribution is -0.251. The number of halogens is 6. The van der Waals surface area contributed by atoms with Gasteiger partial charge in [-0.1, -0.05) is 13.8 Å². The molecule has 1 atom stereocenters. The molecule has 0 aliphatic carbocycles. The molecule has 1 aliphatic rings. The van der Waals surface area contributed by atoms with Gasteiger partial charge in [-0.05, 0) is 19.3 Å². The molecule has 1 saturated heterocycles. The fraction of sp³-hybridized carbons (Fsp3) is 0.923. The normalized spacial score (nSPS) is 19.5. The SMILES string of the molecule is CCC(C)C(=O)OC1CCN(OS(=O)(=O)C(F)(F)C(F)(F)C(F)(F)S(=O)(=O)O)CC1. The van der Waals surface area contributed by atoms with E-state index in [0.29, 0.717) is 6.42 Å². The number of esters is 1. The van der Waals surface area contributed by atoms with Gasteiger partial charge in [-0.3, -0.25) is 9.35 Å². The van der Waals surface area contributed by atoms with E-state index in [1.807, 2.05) is 0 Å². The Kier molecular flexibility index (Phi) is 7.84. The molecule has 0 saturated carbocycles. The van der Waals surface area contributed by atoms with Crippen molar-refractivity contribution < 1.29 is 61.5 Å². The van der Waals surface area contributed by atoms with Crippen LogP contribution in [0.5, 0.6) is 0 Å². The third-order valence-corrected chi connectivity index (χ3v) is 6.47. The van der Waals surface area contributed by atoms with Gasteiger partial charge in [0.1, 0.15) is 6.10 Å². The molecule has 0 bridgehead atoms. The lowest BCUT2D eigenvalue weighted by atomic mass is 10.1. The number of piperidine rings is 1. The van der Waals surface area contributed by atoms with Crippen molar-refractivity contribution in [2.24, 2.45) is 5.92 Å². The Morgan fingerprint density at radius 3 is 1.93 bits per heavy atom. The number of carbonyl (C=O) groups excluding carboxylic acids is 1. The van der Waals surface area contributed by atoms with Crippen molar-refractivity contribution in [3.63, 3.8) is 0 Å². The summed E-state index contributed by atoms with van der Waals surface area (Å²) in [4.78, 5) is 11.7. The summed E-state index contributed by atoms with van der Waals surface area (Å²) in [5, 5.41) is -13.3. The second kappa shape index (κ2) is 8.76. The summed E-state index contributed by atoms with van der Waals surface area (Å²) in [6.07, 6.45) is -0.585. The Morgan fingerprint density at radius 1 is 1.07 bits per heavy atom. The number of alkyl halides is 6. The topological polar surface area (TPSA) is 127 Å². The Bertz CT molecular complexity index is 840. The van der Waals surface area contributed by atoms with Crippen LogP contribution < -0.4 is 0 Å². The third kappa shape index (κ3) is 5.00. The minimum atomic E-state index is -7.11. The predicted molar refractivity (Wildman–Crippen MR) is 86.5 cm³/mol. The molecule has 1 aliphatic heterocycles. The van der Waals surface area contributed by atoms with Gasteiger partial charge in [0.05, 0.1) is 5.92 Å². The first-order chi connectivity index (χ1) is 13.3. The van der Waals surface area contributed by atoms with Crippen LogP contribution in [0.3, 0.4) is 0 Å². The molecular formula is C13H19F6NO8S2. The van der Waals surface area contributed by atoms with Crippen LogP contribution >= 0.6 is 0 Å². The van der Waals surface area contributed by atoms with Gasteiger partial charge in [0.25, 0.3) is 0 Å². The number of hydrogen-bond acceptors (Lipinski definition) is 8. The van der Waals surface area contributed by atoms with Crippen LogP contribution in [0, 0.1) is 5.92 Å². The molecule has 0 radical (unpaired) electrons. The Labute approximate surface area is 168 Å². The zero-order valence-electron chi connectivity index (χ0n) is 15.5. The maximum Gasteiger partial charge on any atom is 0.441 e. The number of hydroxylamine groups is 2. The molecule has 1 fully saturated rings. The molecule has 0 aromatic rings. The molecule has 0 aromatic carbocycles. The van der Waals surface area contributed by atoms with Crippen molar-refractivity contribution in [2.75, 3.05) is 13.1 Å². The molecule has 30 heavy (non-hydrogen) atoms. The first-order valence-electron chi connectivity index (χ1n) is 8.31. The van der Waals surface area contributed by atoms with Gasteiger partial charge in [0.2, 0.25) is 0 Å². The third-order valence-electron chi connectivity index (χ3n) is 4.27. The lowest BCUT2D eigenvalue weighted by Gasteiger charge is -2.33. The number of ether oxygens (including phenoxy) is 1. The Balaban J connectivity index is 2.90. The fourth-order valence-corrected chi connectivity index (χ4v) is 3.62. The Morgan fingerprint density at radius 2 is 1.53 bits per heavy atom. The van der Waals surface area contributed by atoms with Crippen LogP contribution in [-0.2, 0) is 34.1 Å². The molecule has 1 N–H and O–H groups in total. The molecule has 1 heterocycles. The highest BCUT2D eigenvalue weighted by Crippen LogP contribution is 2.51. The van der Waals surface area contributed by atoms with Crippen LogP contribution in [0.1, 0.15) is 33.1 Å². The summed E-state index contributed by atoms with van der Waals surface area (Å²) in [6.45, 7) is 2.26. The maximum absolute atomic E-state index is 13.7. The van der Waals surface area contributed by atoms with E-state index >= 15 is 0 Å². The highest BCUT2D eigenvalue weighted by Gasteiger charge is 2.83. The summed E-state index contributed by atoms with van der Waals surface area (Å²) in [7, 11) is -13.9. The van der Waals surface area contributed by atoms with Crippen LogP contribution in [0.15, 0.2) is 0 Å². The number of carbonyl (C=O) groups is 1. The van der Waals surface area contributed by atoms with E-state index in [4.69, 9.17) is 9.29 Å². The highest BCUT2D eigenvalue weighted by molar-refractivity contribution is 7.88. The van der Waals surface area contributed by atoms with E-state index in [-0.39, 0.29) is 17.9 Å². The summed E-state index contributed by atoms with van der Waals surface area (Å²) < 4.78 is 141. The molecule has 0 aromatic heterocycles. The zero-order valence-corrected chi connectivity index (χ0v) is 17.2. The summed E-state index contributed by atoms with van der Waals surface area (Å²) >= 11 is 0. The first-order valence-corrected chi connectivity index (χ1v) is 11.2. The molecule has 1 unspecified atom stereocenters. The standard InChI is InChI=1S/C13H19F6NO8S2/c1-3-8(2)10(21)27-9-4-6-20(7-5-9)28-30(25,26)13(18,19)11(14,15)12(16,17)29(22,23)24/h8-9H,3-7H2,1-2H3,(H,22,23,24). The summed E-state index contributed by atoms with van der Waals surface area (Å²) in [5.74, 6) is -8.08. The average molecular weight is 495 g/mol. The summed E-state index contributed by atoms with van der Waals surface area (Å²) in [6, 6.07) is 0. The van der Waals surface area contributed by atoms with Crippen molar-refractivity contribution in [3.05, 3.63) is 0 Å². The van der Waals surface area contributed by atoms with Crippen LogP contribution in [0.4, 0.5) is 26.3 Å². The van der Waals surface area contributed by atoms with Gasteiger partial charge in [-0.15, -0.1) is 0 Å². The largest absolute Gasteiger partial charge is 0.462 e. The van der Waals surface area contributed by atoms with Crippen molar-refractivity contribution in [2.45, 2.75) is 55.6 Å². The smallest absolute Gasteiger partial charge is 0.441 e. The fourth-order valence-electron chi connectivity index (χ4n) is 2.15. The molecule has 178 valence electrons. The van der Waals surface area contributed by atoms with Gasteiger partial charge in [-0.2, -0.15) is 52.5 Å². The zero-order chi connectivity index (χ0) is 23.8. The van der Waals surface area contributed by atoms with E-state index in [1.54, 1.807) is 13.8 Å². The predicted octanol–water partition coefficient (Wildman–Crippen LogP) is 2.01. The van der Waals surface area contributed by atoms with Crippen LogP contribution in [-0.4, -0.2) is 68.0 Å². The molecule has 1 rings (SSSR count). The van der Waals surface area contributed by atoms with Gasteiger partial charge >= 0.3 is 42.6 Å². The maximum atomic E-state index is 13.7. The van der Waals surface area contributed by atoms with Gasteiger partial charge in [-0.25, -0.2) is 0 Å². The van der Waals surface area contributed by atoms with E-state index < -0.39 is 67.7 Å². The van der Waals surface area contributed by atoms with Gasteiger partial charge < -0.3 is 4.74 Å². The van der Waals surface area contributed by atoms with Crippen molar-refractivity contribution >= 4 is 26.2 Å². The monoisotopic (exact) mass is 495 g/mol. The van der Waals surface area contributed by atoms with E-state index in [1.165, 1.54) is 0 Å². The van der Waals surface area contributed by atoms with E-state index in [9.17, 15) is 48.0 Å². The van der Waals surface area contributed by atoms with Gasteiger partial charge in [0, 0.05) is 13.1 Å². The van der Waals surface area contributed by atoms with Crippen molar-refractivity contribution in [3.8, 4) is 0 Å². The van der Waals surface area contributed by atoms with Crippen molar-refractivity contribution in [1.82, 2.24) is 5.06 Å². The average Bonchev–Trinajstić information content (AvgIpc) is 2.60. The second-order valence-electron chi connectivity index (χ2n) is 6.49. The van der Waals surface area contributed by atoms with Crippen LogP contribution in [0.25, 0.3) is 0 Å². The van der Waals surface area contributed by atoms with E-state index in [0.717, 1.165) is 0 Å². The van der Waals surface area contributed by atoms with E-state index in [2.05, 4.69) is 4.28 Å². The first kappa shape index (κ1) is 26.9. The van der Waals surface area contributed by atoms with Crippen LogP contribution in [0.2, 0.25) is 0 Å².